The van der Waals surface area contributed by atoms with E-state index in [0.29, 0.717) is 41.7 Å². The van der Waals surface area contributed by atoms with Crippen molar-refractivity contribution in [3.05, 3.63) is 47.5 Å². The van der Waals surface area contributed by atoms with Gasteiger partial charge in [0.15, 0.2) is 11.5 Å². The van der Waals surface area contributed by atoms with Crippen LogP contribution in [0.25, 0.3) is 0 Å². The third-order valence-electron chi connectivity index (χ3n) is 4.49. The van der Waals surface area contributed by atoms with Crippen LogP contribution in [0.4, 0.5) is 16.2 Å². The van der Waals surface area contributed by atoms with Gasteiger partial charge in [0.25, 0.3) is 11.8 Å². The number of rotatable bonds is 7. The maximum atomic E-state index is 12.5. The molecule has 1 aliphatic heterocycles. The van der Waals surface area contributed by atoms with Gasteiger partial charge in [-0.15, -0.1) is 0 Å². The predicted octanol–water partition coefficient (Wildman–Crippen LogP) is 4.13. The SMILES string of the molecule is CCOc1ccc(NC(=O)Nc2ccc3c(c2)C(=O)N(C(C)C)C3=O)cc1OCC. The van der Waals surface area contributed by atoms with E-state index in [1.807, 2.05) is 13.8 Å². The number of fused-ring (bicyclic) bond motifs is 1. The molecule has 4 amide bonds. The fourth-order valence-corrected chi connectivity index (χ4v) is 3.23. The molecule has 2 aromatic carbocycles. The molecule has 3 rings (SSSR count). The average Bonchev–Trinajstić information content (AvgIpc) is 2.94. The Labute approximate surface area is 175 Å². The van der Waals surface area contributed by atoms with Crippen LogP contribution in [-0.4, -0.2) is 42.0 Å². The minimum atomic E-state index is -0.487. The lowest BCUT2D eigenvalue weighted by Crippen LogP contribution is -2.35. The van der Waals surface area contributed by atoms with Crippen LogP contribution in [-0.2, 0) is 0 Å². The first-order valence-corrected chi connectivity index (χ1v) is 9.85. The molecule has 0 unspecified atom stereocenters. The van der Waals surface area contributed by atoms with Crippen LogP contribution < -0.4 is 20.1 Å². The van der Waals surface area contributed by atoms with Crippen molar-refractivity contribution < 1.29 is 23.9 Å². The molecule has 0 saturated carbocycles. The van der Waals surface area contributed by atoms with Crippen molar-refractivity contribution in [3.8, 4) is 11.5 Å². The number of ether oxygens (including phenoxy) is 2. The zero-order chi connectivity index (χ0) is 21.8. The highest BCUT2D eigenvalue weighted by Gasteiger charge is 2.37. The molecule has 0 spiro atoms. The van der Waals surface area contributed by atoms with E-state index in [1.165, 1.54) is 11.0 Å². The molecule has 2 aromatic rings. The number of amides is 4. The number of benzene rings is 2. The van der Waals surface area contributed by atoms with Crippen molar-refractivity contribution in [1.82, 2.24) is 4.90 Å². The first-order valence-electron chi connectivity index (χ1n) is 9.85. The Morgan fingerprint density at radius 2 is 1.43 bits per heavy atom. The fraction of sp³-hybridized carbons (Fsp3) is 0.318. The zero-order valence-electron chi connectivity index (χ0n) is 17.4. The van der Waals surface area contributed by atoms with Crippen molar-refractivity contribution in [2.45, 2.75) is 33.7 Å². The average molecular weight is 411 g/mol. The van der Waals surface area contributed by atoms with Crippen LogP contribution in [0.1, 0.15) is 48.4 Å². The van der Waals surface area contributed by atoms with Crippen LogP contribution >= 0.6 is 0 Å². The molecule has 0 fully saturated rings. The van der Waals surface area contributed by atoms with Crippen molar-refractivity contribution in [1.29, 1.82) is 0 Å². The number of urea groups is 1. The van der Waals surface area contributed by atoms with Crippen molar-refractivity contribution in [2.75, 3.05) is 23.8 Å². The third kappa shape index (κ3) is 4.22. The Morgan fingerprint density at radius 3 is 2.07 bits per heavy atom. The minimum Gasteiger partial charge on any atom is -0.490 e. The Balaban J connectivity index is 1.73. The van der Waals surface area contributed by atoms with Gasteiger partial charge in [-0.1, -0.05) is 0 Å². The molecule has 0 aromatic heterocycles. The van der Waals surface area contributed by atoms with Crippen LogP contribution in [0.2, 0.25) is 0 Å². The first kappa shape index (κ1) is 21.2. The molecule has 8 nitrogen and oxygen atoms in total. The van der Waals surface area contributed by atoms with E-state index in [0.717, 1.165) is 0 Å². The maximum absolute atomic E-state index is 12.5. The topological polar surface area (TPSA) is 97.0 Å². The summed E-state index contributed by atoms with van der Waals surface area (Å²) in [7, 11) is 0. The van der Waals surface area contributed by atoms with Crippen LogP contribution in [0.3, 0.4) is 0 Å². The van der Waals surface area contributed by atoms with Crippen LogP contribution in [0, 0.1) is 0 Å². The summed E-state index contributed by atoms with van der Waals surface area (Å²) in [6, 6.07) is 9.05. The zero-order valence-corrected chi connectivity index (χ0v) is 17.4. The number of anilines is 2. The number of carbonyl (C=O) groups is 3. The van der Waals surface area contributed by atoms with Gasteiger partial charge in [0.2, 0.25) is 0 Å². The summed E-state index contributed by atoms with van der Waals surface area (Å²) in [5.74, 6) is 0.454. The second-order valence-corrected chi connectivity index (χ2v) is 6.94. The normalized spacial score (nSPS) is 12.8. The Bertz CT molecular complexity index is 987. The first-order chi connectivity index (χ1) is 14.3. The van der Waals surface area contributed by atoms with Gasteiger partial charge in [-0.2, -0.15) is 0 Å². The van der Waals surface area contributed by atoms with E-state index >= 15 is 0 Å². The molecule has 8 heteroatoms. The maximum Gasteiger partial charge on any atom is 0.323 e. The summed E-state index contributed by atoms with van der Waals surface area (Å²) in [4.78, 5) is 38.5. The number of nitrogens with one attached hydrogen (secondary N) is 2. The smallest absolute Gasteiger partial charge is 0.323 e. The van der Waals surface area contributed by atoms with Gasteiger partial charge in [0.05, 0.1) is 24.3 Å². The predicted molar refractivity (Wildman–Crippen MR) is 113 cm³/mol. The molecule has 30 heavy (non-hydrogen) atoms. The van der Waals surface area contributed by atoms with Crippen LogP contribution in [0.15, 0.2) is 36.4 Å². The molecule has 0 bridgehead atoms. The summed E-state index contributed by atoms with van der Waals surface area (Å²) >= 11 is 0. The molecular formula is C22H25N3O5. The highest BCUT2D eigenvalue weighted by molar-refractivity contribution is 6.22. The molecule has 0 saturated heterocycles. The van der Waals surface area contributed by atoms with E-state index in [1.54, 1.807) is 44.2 Å². The van der Waals surface area contributed by atoms with Crippen molar-refractivity contribution >= 4 is 29.2 Å². The second-order valence-electron chi connectivity index (χ2n) is 6.94. The van der Waals surface area contributed by atoms with E-state index < -0.39 is 6.03 Å². The number of nitrogens with zero attached hydrogens (tertiary/aromatic N) is 1. The fourth-order valence-electron chi connectivity index (χ4n) is 3.23. The van der Waals surface area contributed by atoms with Crippen molar-refractivity contribution in [3.63, 3.8) is 0 Å². The van der Waals surface area contributed by atoms with Gasteiger partial charge in [-0.25, -0.2) is 4.79 Å². The Kier molecular flexibility index (Phi) is 6.25. The second kappa shape index (κ2) is 8.86. The molecule has 2 N–H and O–H groups in total. The summed E-state index contributed by atoms with van der Waals surface area (Å²) in [5.41, 5.74) is 1.56. The molecule has 1 heterocycles. The number of hydrogen-bond acceptors (Lipinski definition) is 5. The quantitative estimate of drug-likeness (QED) is 0.668. The lowest BCUT2D eigenvalue weighted by atomic mass is 10.1. The van der Waals surface area contributed by atoms with E-state index in [2.05, 4.69) is 10.6 Å². The van der Waals surface area contributed by atoms with E-state index in [9.17, 15) is 14.4 Å². The van der Waals surface area contributed by atoms with Crippen LogP contribution in [0.5, 0.6) is 11.5 Å². The summed E-state index contributed by atoms with van der Waals surface area (Å²) in [6.45, 7) is 8.27. The summed E-state index contributed by atoms with van der Waals surface area (Å²) in [6.07, 6.45) is 0. The lowest BCUT2D eigenvalue weighted by Gasteiger charge is -2.17. The monoisotopic (exact) mass is 411 g/mol. The largest absolute Gasteiger partial charge is 0.490 e. The summed E-state index contributed by atoms with van der Waals surface area (Å²) in [5, 5.41) is 5.41. The minimum absolute atomic E-state index is 0.240. The number of imide groups is 1. The molecule has 158 valence electrons. The number of hydrogen-bond donors (Lipinski definition) is 2. The Morgan fingerprint density at radius 1 is 0.867 bits per heavy atom. The molecule has 0 aliphatic carbocycles. The van der Waals surface area contributed by atoms with Gasteiger partial charge in [0, 0.05) is 23.5 Å². The highest BCUT2D eigenvalue weighted by atomic mass is 16.5. The number of carbonyl (C=O) groups excluding carboxylic acids is 3. The van der Waals surface area contributed by atoms with Gasteiger partial charge in [0.1, 0.15) is 0 Å². The molecular weight excluding hydrogens is 386 g/mol. The van der Waals surface area contributed by atoms with Gasteiger partial charge in [-0.05, 0) is 58.0 Å². The molecule has 0 radical (unpaired) electrons. The van der Waals surface area contributed by atoms with Gasteiger partial charge < -0.3 is 20.1 Å². The third-order valence-corrected chi connectivity index (χ3v) is 4.49. The lowest BCUT2D eigenvalue weighted by molar-refractivity contribution is 0.0609. The standard InChI is InChI=1S/C22H25N3O5/c1-5-29-18-10-8-15(12-19(18)30-6-2)24-22(28)23-14-7-9-16-17(11-14)21(27)25(13(3)4)20(16)26/h7-13H,5-6H2,1-4H3,(H2,23,24,28). The molecule has 1 aliphatic rings. The van der Waals surface area contributed by atoms with E-state index in [4.69, 9.17) is 9.47 Å². The summed E-state index contributed by atoms with van der Waals surface area (Å²) < 4.78 is 11.1. The molecule has 0 atom stereocenters. The van der Waals surface area contributed by atoms with Gasteiger partial charge >= 0.3 is 6.03 Å². The van der Waals surface area contributed by atoms with Crippen molar-refractivity contribution in [2.24, 2.45) is 0 Å². The highest BCUT2D eigenvalue weighted by Crippen LogP contribution is 2.31. The Hall–Kier alpha value is -3.55. The van der Waals surface area contributed by atoms with Gasteiger partial charge in [-0.3, -0.25) is 14.5 Å². The van der Waals surface area contributed by atoms with E-state index in [-0.39, 0.29) is 23.4 Å².